The molecule has 11 heavy (non-hydrogen) atoms. The molecule has 0 spiro atoms. The van der Waals surface area contributed by atoms with E-state index in [1.807, 2.05) is 13.0 Å². The third-order valence-corrected chi connectivity index (χ3v) is 1.58. The van der Waals surface area contributed by atoms with Crippen LogP contribution in [0.5, 0.6) is 0 Å². The lowest BCUT2D eigenvalue weighted by molar-refractivity contribution is 0.184. The number of H-pyrrole nitrogens is 1. The van der Waals surface area contributed by atoms with Crippen LogP contribution in [0.1, 0.15) is 24.7 Å². The normalized spacial score (nSPS) is 13.4. The molecule has 0 amide bonds. The maximum atomic E-state index is 8.98. The smallest absolute Gasteiger partial charge is 0.0625 e. The van der Waals surface area contributed by atoms with E-state index in [-0.39, 0.29) is 6.10 Å². The number of rotatable bonds is 3. The predicted molar refractivity (Wildman–Crippen MR) is 43.3 cm³/mol. The minimum atomic E-state index is -0.230. The highest BCUT2D eigenvalue weighted by Gasteiger charge is 2.00. The van der Waals surface area contributed by atoms with Crippen molar-refractivity contribution in [1.82, 2.24) is 10.2 Å². The van der Waals surface area contributed by atoms with Gasteiger partial charge in [-0.2, -0.15) is 5.10 Å². The first-order chi connectivity index (χ1) is 5.18. The molecule has 0 aliphatic carbocycles. The van der Waals surface area contributed by atoms with Gasteiger partial charge in [-0.15, -0.1) is 0 Å². The number of hydrogen-bond acceptors (Lipinski definition) is 2. The Hall–Kier alpha value is -0.830. The maximum absolute atomic E-state index is 8.98. The lowest BCUT2D eigenvalue weighted by Crippen LogP contribution is -2.01. The van der Waals surface area contributed by atoms with Gasteiger partial charge in [0.15, 0.2) is 0 Å². The third-order valence-electron chi connectivity index (χ3n) is 1.58. The van der Waals surface area contributed by atoms with Crippen molar-refractivity contribution < 1.29 is 5.11 Å². The molecule has 0 fully saturated rings. The van der Waals surface area contributed by atoms with Crippen LogP contribution in [0, 0.1) is 6.92 Å². The zero-order valence-corrected chi connectivity index (χ0v) is 6.96. The lowest BCUT2D eigenvalue weighted by Gasteiger charge is -1.99. The monoisotopic (exact) mass is 154 g/mol. The summed E-state index contributed by atoms with van der Waals surface area (Å²) in [5.74, 6) is 0. The van der Waals surface area contributed by atoms with Crippen LogP contribution in [-0.4, -0.2) is 21.4 Å². The average Bonchev–Trinajstić information content (AvgIpc) is 2.31. The summed E-state index contributed by atoms with van der Waals surface area (Å²) in [4.78, 5) is 0. The van der Waals surface area contributed by atoms with E-state index in [0.717, 1.165) is 24.2 Å². The molecule has 3 nitrogen and oxygen atoms in total. The number of aromatic nitrogens is 2. The van der Waals surface area contributed by atoms with Gasteiger partial charge in [0, 0.05) is 5.69 Å². The highest BCUT2D eigenvalue weighted by Crippen LogP contribution is 2.02. The van der Waals surface area contributed by atoms with E-state index in [1.54, 1.807) is 6.92 Å². The first-order valence-corrected chi connectivity index (χ1v) is 3.87. The van der Waals surface area contributed by atoms with Gasteiger partial charge in [0.2, 0.25) is 0 Å². The van der Waals surface area contributed by atoms with Crippen molar-refractivity contribution >= 4 is 0 Å². The summed E-state index contributed by atoms with van der Waals surface area (Å²) in [7, 11) is 0. The van der Waals surface area contributed by atoms with Gasteiger partial charge >= 0.3 is 0 Å². The Kier molecular flexibility index (Phi) is 2.65. The number of aromatic amines is 1. The molecule has 62 valence electrons. The van der Waals surface area contributed by atoms with Gasteiger partial charge in [-0.05, 0) is 32.8 Å². The van der Waals surface area contributed by atoms with E-state index in [1.165, 1.54) is 0 Å². The van der Waals surface area contributed by atoms with E-state index in [9.17, 15) is 0 Å². The standard InChI is InChI=1S/C8H14N2O/c1-6-5-8(10-9-6)4-3-7(2)11/h5,7,11H,3-4H2,1-2H3,(H,9,10)/t7-/m0/s1. The number of nitrogens with one attached hydrogen (secondary N) is 1. The molecule has 3 heteroatoms. The van der Waals surface area contributed by atoms with Crippen molar-refractivity contribution in [2.45, 2.75) is 32.8 Å². The molecular weight excluding hydrogens is 140 g/mol. The molecule has 1 atom stereocenters. The van der Waals surface area contributed by atoms with Gasteiger partial charge < -0.3 is 5.11 Å². The quantitative estimate of drug-likeness (QED) is 0.683. The van der Waals surface area contributed by atoms with E-state index in [4.69, 9.17) is 5.11 Å². The molecule has 0 radical (unpaired) electrons. The van der Waals surface area contributed by atoms with E-state index in [0.29, 0.717) is 0 Å². The average molecular weight is 154 g/mol. The van der Waals surface area contributed by atoms with Crippen molar-refractivity contribution in [3.63, 3.8) is 0 Å². The fourth-order valence-electron chi connectivity index (χ4n) is 0.959. The van der Waals surface area contributed by atoms with Crippen molar-refractivity contribution in [3.05, 3.63) is 17.5 Å². The van der Waals surface area contributed by atoms with E-state index in [2.05, 4.69) is 10.2 Å². The fourth-order valence-corrected chi connectivity index (χ4v) is 0.959. The van der Waals surface area contributed by atoms with E-state index >= 15 is 0 Å². The summed E-state index contributed by atoms with van der Waals surface area (Å²) in [5, 5.41) is 15.9. The zero-order chi connectivity index (χ0) is 8.27. The Morgan fingerprint density at radius 2 is 2.45 bits per heavy atom. The second-order valence-electron chi connectivity index (χ2n) is 2.93. The molecule has 0 bridgehead atoms. The van der Waals surface area contributed by atoms with Gasteiger partial charge in [0.1, 0.15) is 0 Å². The molecule has 1 heterocycles. The van der Waals surface area contributed by atoms with Crippen molar-refractivity contribution in [2.75, 3.05) is 0 Å². The molecule has 0 saturated carbocycles. The van der Waals surface area contributed by atoms with Crippen LogP contribution < -0.4 is 0 Å². The maximum Gasteiger partial charge on any atom is 0.0625 e. The summed E-state index contributed by atoms with van der Waals surface area (Å²) >= 11 is 0. The number of nitrogens with zero attached hydrogens (tertiary/aromatic N) is 1. The SMILES string of the molecule is Cc1cc(CC[C@H](C)O)n[nH]1. The molecule has 1 aromatic heterocycles. The van der Waals surface area contributed by atoms with Crippen LogP contribution in [-0.2, 0) is 6.42 Å². The topological polar surface area (TPSA) is 48.9 Å². The summed E-state index contributed by atoms with van der Waals surface area (Å²) in [6, 6.07) is 2.00. The molecule has 2 N–H and O–H groups in total. The Labute approximate surface area is 66.4 Å². The summed E-state index contributed by atoms with van der Waals surface area (Å²) in [6.07, 6.45) is 1.40. The second kappa shape index (κ2) is 3.53. The van der Waals surface area contributed by atoms with Crippen LogP contribution >= 0.6 is 0 Å². The Balaban J connectivity index is 2.39. The fraction of sp³-hybridized carbons (Fsp3) is 0.625. The van der Waals surface area contributed by atoms with Gasteiger partial charge in [-0.3, -0.25) is 5.10 Å². The number of hydrogen-bond donors (Lipinski definition) is 2. The molecule has 0 aliphatic heterocycles. The molecule has 0 aliphatic rings. The summed E-state index contributed by atoms with van der Waals surface area (Å²) < 4.78 is 0. The first kappa shape index (κ1) is 8.27. The van der Waals surface area contributed by atoms with Crippen LogP contribution in [0.3, 0.4) is 0 Å². The summed E-state index contributed by atoms with van der Waals surface area (Å²) in [6.45, 7) is 3.76. The van der Waals surface area contributed by atoms with Gasteiger partial charge in [-0.1, -0.05) is 0 Å². The second-order valence-corrected chi connectivity index (χ2v) is 2.93. The molecule has 0 unspecified atom stereocenters. The van der Waals surface area contributed by atoms with Crippen molar-refractivity contribution in [2.24, 2.45) is 0 Å². The van der Waals surface area contributed by atoms with Crippen molar-refractivity contribution in [3.8, 4) is 0 Å². The molecule has 0 saturated heterocycles. The summed E-state index contributed by atoms with van der Waals surface area (Å²) in [5.41, 5.74) is 2.11. The lowest BCUT2D eigenvalue weighted by atomic mass is 10.2. The van der Waals surface area contributed by atoms with Crippen LogP contribution in [0.25, 0.3) is 0 Å². The zero-order valence-electron chi connectivity index (χ0n) is 6.96. The van der Waals surface area contributed by atoms with Crippen LogP contribution in [0.15, 0.2) is 6.07 Å². The van der Waals surface area contributed by atoms with Crippen molar-refractivity contribution in [1.29, 1.82) is 0 Å². The Morgan fingerprint density at radius 1 is 1.73 bits per heavy atom. The minimum absolute atomic E-state index is 0.230. The highest BCUT2D eigenvalue weighted by atomic mass is 16.3. The molecule has 0 aromatic carbocycles. The highest BCUT2D eigenvalue weighted by molar-refractivity contribution is 5.06. The van der Waals surface area contributed by atoms with Gasteiger partial charge in [0.25, 0.3) is 0 Å². The molecular formula is C8H14N2O. The number of aliphatic hydroxyl groups is 1. The van der Waals surface area contributed by atoms with Gasteiger partial charge in [0.05, 0.1) is 11.8 Å². The third kappa shape index (κ3) is 2.72. The number of aryl methyl sites for hydroxylation is 2. The largest absolute Gasteiger partial charge is 0.393 e. The predicted octanol–water partition coefficient (Wildman–Crippen LogP) is 1.03. The first-order valence-electron chi connectivity index (χ1n) is 3.87. The van der Waals surface area contributed by atoms with Crippen LogP contribution in [0.2, 0.25) is 0 Å². The van der Waals surface area contributed by atoms with Gasteiger partial charge in [-0.25, -0.2) is 0 Å². The van der Waals surface area contributed by atoms with Crippen LogP contribution in [0.4, 0.5) is 0 Å². The molecule has 1 aromatic rings. The Bertz CT molecular complexity index is 218. The minimum Gasteiger partial charge on any atom is -0.393 e. The number of aliphatic hydroxyl groups excluding tert-OH is 1. The Morgan fingerprint density at radius 3 is 2.91 bits per heavy atom. The molecule has 1 rings (SSSR count). The van der Waals surface area contributed by atoms with E-state index < -0.39 is 0 Å².